The molecule has 1 aliphatic rings. The quantitative estimate of drug-likeness (QED) is 0.797. The number of amides is 2. The Kier molecular flexibility index (Phi) is 5.25. The van der Waals surface area contributed by atoms with E-state index in [9.17, 15) is 9.59 Å². The molecule has 2 amide bonds. The van der Waals surface area contributed by atoms with Crippen LogP contribution < -0.4 is 0 Å². The van der Waals surface area contributed by atoms with Gasteiger partial charge in [0.15, 0.2) is 0 Å². The van der Waals surface area contributed by atoms with Gasteiger partial charge in [0.1, 0.15) is 0 Å². The molecule has 1 heterocycles. The fourth-order valence-electron chi connectivity index (χ4n) is 2.28. The minimum absolute atomic E-state index is 0.0576. The van der Waals surface area contributed by atoms with Gasteiger partial charge in [0.2, 0.25) is 0 Å². The second kappa shape index (κ2) is 6.47. The summed E-state index contributed by atoms with van der Waals surface area (Å²) in [7, 11) is 0. The number of likely N-dealkylation sites (tertiary alicyclic amines) is 1. The number of hydrogen-bond acceptors (Lipinski definition) is 2. The molecule has 0 aromatic heterocycles. The molecule has 1 saturated heterocycles. The molecule has 17 heavy (non-hydrogen) atoms. The highest BCUT2D eigenvalue weighted by atomic mass is 16.4. The molecule has 1 atom stereocenters. The first-order valence-electron chi connectivity index (χ1n) is 6.34. The second-order valence-corrected chi connectivity index (χ2v) is 4.56. The van der Waals surface area contributed by atoms with E-state index in [2.05, 4.69) is 0 Å². The minimum atomic E-state index is -0.773. The first kappa shape index (κ1) is 13.8. The highest BCUT2D eigenvalue weighted by molar-refractivity contribution is 5.75. The average molecular weight is 242 g/mol. The van der Waals surface area contributed by atoms with E-state index < -0.39 is 5.97 Å². The lowest BCUT2D eigenvalue weighted by Gasteiger charge is -2.26. The third kappa shape index (κ3) is 3.91. The maximum atomic E-state index is 12.1. The molecule has 1 N–H and O–H groups in total. The van der Waals surface area contributed by atoms with Crippen LogP contribution in [-0.2, 0) is 4.79 Å². The molecule has 1 rings (SSSR count). The molecule has 0 bridgehead atoms. The van der Waals surface area contributed by atoms with Gasteiger partial charge in [-0.3, -0.25) is 4.79 Å². The van der Waals surface area contributed by atoms with Crippen molar-refractivity contribution in [3.8, 4) is 0 Å². The Hall–Kier alpha value is -1.26. The number of hydrogen-bond donors (Lipinski definition) is 1. The average Bonchev–Trinajstić information content (AvgIpc) is 2.72. The normalized spacial score (nSPS) is 19.4. The van der Waals surface area contributed by atoms with E-state index in [1.165, 1.54) is 0 Å². The lowest BCUT2D eigenvalue weighted by atomic mass is 10.1. The van der Waals surface area contributed by atoms with Crippen molar-refractivity contribution in [2.75, 3.05) is 26.2 Å². The lowest BCUT2D eigenvalue weighted by Crippen LogP contribution is -2.42. The van der Waals surface area contributed by atoms with Crippen LogP contribution in [0.5, 0.6) is 0 Å². The summed E-state index contributed by atoms with van der Waals surface area (Å²) in [6.07, 6.45) is 1.93. The van der Waals surface area contributed by atoms with Crippen LogP contribution in [0.3, 0.4) is 0 Å². The van der Waals surface area contributed by atoms with E-state index in [-0.39, 0.29) is 18.4 Å². The summed E-state index contributed by atoms with van der Waals surface area (Å²) in [6, 6.07) is 0.0576. The summed E-state index contributed by atoms with van der Waals surface area (Å²) in [5, 5.41) is 8.72. The maximum absolute atomic E-state index is 12.1. The molecular weight excluding hydrogens is 220 g/mol. The fourth-order valence-corrected chi connectivity index (χ4v) is 2.28. The molecule has 0 aromatic rings. The second-order valence-electron chi connectivity index (χ2n) is 4.56. The Morgan fingerprint density at radius 2 is 2.12 bits per heavy atom. The monoisotopic (exact) mass is 242 g/mol. The number of nitrogens with zero attached hydrogens (tertiary/aromatic N) is 2. The van der Waals surface area contributed by atoms with Crippen LogP contribution in [0.15, 0.2) is 0 Å². The molecule has 0 aliphatic carbocycles. The summed E-state index contributed by atoms with van der Waals surface area (Å²) < 4.78 is 0. The molecular formula is C12H22N2O3. The molecule has 5 nitrogen and oxygen atoms in total. The minimum Gasteiger partial charge on any atom is -0.481 e. The highest BCUT2D eigenvalue weighted by Gasteiger charge is 2.29. The van der Waals surface area contributed by atoms with Gasteiger partial charge in [0.05, 0.1) is 0 Å². The van der Waals surface area contributed by atoms with Crippen molar-refractivity contribution < 1.29 is 14.7 Å². The van der Waals surface area contributed by atoms with E-state index in [0.29, 0.717) is 19.6 Å². The molecule has 0 radical (unpaired) electrons. The van der Waals surface area contributed by atoms with Crippen LogP contribution in [0.2, 0.25) is 0 Å². The predicted molar refractivity (Wildman–Crippen MR) is 64.9 cm³/mol. The lowest BCUT2D eigenvalue weighted by molar-refractivity contribution is -0.138. The summed E-state index contributed by atoms with van der Waals surface area (Å²) >= 11 is 0. The SMILES string of the molecule is CCCN(CC)C(=O)N1CCC(CC(=O)O)C1. The zero-order valence-corrected chi connectivity index (χ0v) is 10.7. The first-order chi connectivity index (χ1) is 8.08. The number of carbonyl (C=O) groups excluding carboxylic acids is 1. The third-order valence-electron chi connectivity index (χ3n) is 3.17. The Labute approximate surface area is 102 Å². The molecule has 1 fully saturated rings. The predicted octanol–water partition coefficient (Wildman–Crippen LogP) is 1.63. The smallest absolute Gasteiger partial charge is 0.319 e. The van der Waals surface area contributed by atoms with E-state index in [1.807, 2.05) is 18.7 Å². The van der Waals surface area contributed by atoms with E-state index in [0.717, 1.165) is 19.4 Å². The number of carbonyl (C=O) groups is 2. The van der Waals surface area contributed by atoms with Gasteiger partial charge in [-0.25, -0.2) is 4.79 Å². The van der Waals surface area contributed by atoms with Crippen LogP contribution in [0.25, 0.3) is 0 Å². The van der Waals surface area contributed by atoms with E-state index in [4.69, 9.17) is 5.11 Å². The standard InChI is InChI=1S/C12H22N2O3/c1-3-6-13(4-2)12(17)14-7-5-10(9-14)8-11(15)16/h10H,3-9H2,1-2H3,(H,15,16). The van der Waals surface area contributed by atoms with Gasteiger partial charge in [-0.2, -0.15) is 0 Å². The number of carboxylic acids is 1. The van der Waals surface area contributed by atoms with E-state index >= 15 is 0 Å². The summed E-state index contributed by atoms with van der Waals surface area (Å²) in [5.74, 6) is -0.651. The Balaban J connectivity index is 2.46. The molecule has 0 spiro atoms. The fraction of sp³-hybridized carbons (Fsp3) is 0.833. The number of carboxylic acid groups (broad SMARTS) is 1. The molecule has 1 unspecified atom stereocenters. The van der Waals surface area contributed by atoms with Gasteiger partial charge < -0.3 is 14.9 Å². The molecule has 98 valence electrons. The Morgan fingerprint density at radius 1 is 1.41 bits per heavy atom. The molecule has 5 heteroatoms. The van der Waals surface area contributed by atoms with Crippen LogP contribution >= 0.6 is 0 Å². The molecule has 1 aliphatic heterocycles. The van der Waals surface area contributed by atoms with Crippen molar-refractivity contribution in [3.05, 3.63) is 0 Å². The van der Waals surface area contributed by atoms with Crippen LogP contribution in [0.4, 0.5) is 4.79 Å². The van der Waals surface area contributed by atoms with Crippen molar-refractivity contribution in [3.63, 3.8) is 0 Å². The van der Waals surface area contributed by atoms with Gasteiger partial charge in [0, 0.05) is 32.6 Å². The number of rotatable bonds is 5. The van der Waals surface area contributed by atoms with Gasteiger partial charge in [0.25, 0.3) is 0 Å². The summed E-state index contributed by atoms with van der Waals surface area (Å²) in [6.45, 7) is 6.79. The van der Waals surface area contributed by atoms with Crippen LogP contribution in [-0.4, -0.2) is 53.1 Å². The van der Waals surface area contributed by atoms with Crippen molar-refractivity contribution in [1.29, 1.82) is 0 Å². The van der Waals surface area contributed by atoms with Crippen molar-refractivity contribution in [1.82, 2.24) is 9.80 Å². The summed E-state index contributed by atoms with van der Waals surface area (Å²) in [5.41, 5.74) is 0. The van der Waals surface area contributed by atoms with Gasteiger partial charge >= 0.3 is 12.0 Å². The third-order valence-corrected chi connectivity index (χ3v) is 3.17. The van der Waals surface area contributed by atoms with Gasteiger partial charge in [-0.1, -0.05) is 6.92 Å². The maximum Gasteiger partial charge on any atom is 0.319 e. The van der Waals surface area contributed by atoms with Crippen LogP contribution in [0, 0.1) is 5.92 Å². The van der Waals surface area contributed by atoms with Crippen molar-refractivity contribution in [2.24, 2.45) is 5.92 Å². The highest BCUT2D eigenvalue weighted by Crippen LogP contribution is 2.20. The molecule has 0 saturated carbocycles. The number of urea groups is 1. The topological polar surface area (TPSA) is 60.9 Å². The van der Waals surface area contributed by atoms with Gasteiger partial charge in [-0.15, -0.1) is 0 Å². The van der Waals surface area contributed by atoms with Crippen molar-refractivity contribution >= 4 is 12.0 Å². The number of aliphatic carboxylic acids is 1. The largest absolute Gasteiger partial charge is 0.481 e. The van der Waals surface area contributed by atoms with Gasteiger partial charge in [-0.05, 0) is 25.7 Å². The Morgan fingerprint density at radius 3 is 2.65 bits per heavy atom. The Bertz CT molecular complexity index is 281. The van der Waals surface area contributed by atoms with Crippen LogP contribution in [0.1, 0.15) is 33.1 Å². The summed E-state index contributed by atoms with van der Waals surface area (Å²) in [4.78, 5) is 26.3. The zero-order valence-electron chi connectivity index (χ0n) is 10.7. The van der Waals surface area contributed by atoms with Crippen molar-refractivity contribution in [2.45, 2.75) is 33.1 Å². The van der Waals surface area contributed by atoms with E-state index in [1.54, 1.807) is 4.90 Å². The molecule has 0 aromatic carbocycles. The first-order valence-corrected chi connectivity index (χ1v) is 6.34. The zero-order chi connectivity index (χ0) is 12.8.